The summed E-state index contributed by atoms with van der Waals surface area (Å²) in [5, 5.41) is 0. The first-order valence-electron chi connectivity index (χ1n) is 8.81. The molecule has 0 unspecified atom stereocenters. The van der Waals surface area contributed by atoms with Crippen molar-refractivity contribution in [1.82, 2.24) is 4.90 Å². The van der Waals surface area contributed by atoms with Gasteiger partial charge in [0, 0.05) is 13.1 Å². The van der Waals surface area contributed by atoms with Crippen LogP contribution in [0.2, 0.25) is 0 Å². The molecule has 0 bridgehead atoms. The number of nitrogens with zero attached hydrogens (tertiary/aromatic N) is 1. The Bertz CT molecular complexity index is 783. The van der Waals surface area contributed by atoms with Crippen LogP contribution in [0.4, 0.5) is 0 Å². The van der Waals surface area contributed by atoms with Gasteiger partial charge in [0.05, 0.1) is 11.7 Å². The fourth-order valence-corrected chi connectivity index (χ4v) is 2.95. The lowest BCUT2D eigenvalue weighted by atomic mass is 10.00. The molecule has 5 nitrogen and oxygen atoms in total. The van der Waals surface area contributed by atoms with Gasteiger partial charge in [-0.05, 0) is 55.7 Å². The van der Waals surface area contributed by atoms with E-state index in [1.807, 2.05) is 32.0 Å². The third kappa shape index (κ3) is 4.42. The third-order valence-corrected chi connectivity index (χ3v) is 4.27. The highest BCUT2D eigenvalue weighted by atomic mass is 16.5. The van der Waals surface area contributed by atoms with E-state index in [0.29, 0.717) is 24.4 Å². The standard InChI is InChI=1S/C21H23NO4/c1-15(2)26-19-9-7-17(8-10-19)21(24)25-14-20(23)22-12-11-16-5-3-4-6-18(16)13-22/h3-10,15H,11-14H2,1-2H3. The van der Waals surface area contributed by atoms with Crippen LogP contribution in [0.5, 0.6) is 5.75 Å². The van der Waals surface area contributed by atoms with Gasteiger partial charge in [-0.2, -0.15) is 0 Å². The molecule has 0 fully saturated rings. The summed E-state index contributed by atoms with van der Waals surface area (Å²) in [5.74, 6) is 0.0130. The van der Waals surface area contributed by atoms with Crippen LogP contribution in [0.15, 0.2) is 48.5 Å². The quantitative estimate of drug-likeness (QED) is 0.775. The van der Waals surface area contributed by atoms with Crippen LogP contribution in [-0.4, -0.2) is 36.0 Å². The van der Waals surface area contributed by atoms with Crippen molar-refractivity contribution in [3.8, 4) is 5.75 Å². The highest BCUT2D eigenvalue weighted by molar-refractivity contribution is 5.91. The number of hydrogen-bond acceptors (Lipinski definition) is 4. The molecule has 5 heteroatoms. The number of rotatable bonds is 5. The van der Waals surface area contributed by atoms with Crippen molar-refractivity contribution in [2.24, 2.45) is 0 Å². The molecule has 1 amide bonds. The van der Waals surface area contributed by atoms with Crippen molar-refractivity contribution in [1.29, 1.82) is 0 Å². The fraction of sp³-hybridized carbons (Fsp3) is 0.333. The van der Waals surface area contributed by atoms with Gasteiger partial charge < -0.3 is 14.4 Å². The second-order valence-electron chi connectivity index (χ2n) is 6.60. The van der Waals surface area contributed by atoms with Crippen LogP contribution in [0.3, 0.4) is 0 Å². The summed E-state index contributed by atoms with van der Waals surface area (Å²) in [4.78, 5) is 26.2. The van der Waals surface area contributed by atoms with E-state index in [2.05, 4.69) is 6.07 Å². The lowest BCUT2D eigenvalue weighted by Crippen LogP contribution is -2.38. The highest BCUT2D eigenvalue weighted by Crippen LogP contribution is 2.19. The van der Waals surface area contributed by atoms with Crippen LogP contribution in [0.1, 0.15) is 35.3 Å². The van der Waals surface area contributed by atoms with E-state index in [-0.39, 0.29) is 18.6 Å². The summed E-state index contributed by atoms with van der Waals surface area (Å²) < 4.78 is 10.7. The average molecular weight is 353 g/mol. The number of carbonyl (C=O) groups excluding carboxylic acids is 2. The van der Waals surface area contributed by atoms with Gasteiger partial charge in [0.2, 0.25) is 0 Å². The number of ether oxygens (including phenoxy) is 2. The van der Waals surface area contributed by atoms with Crippen LogP contribution in [0.25, 0.3) is 0 Å². The zero-order valence-electron chi connectivity index (χ0n) is 15.1. The van der Waals surface area contributed by atoms with Gasteiger partial charge in [-0.25, -0.2) is 4.79 Å². The first-order valence-corrected chi connectivity index (χ1v) is 8.81. The number of amides is 1. The van der Waals surface area contributed by atoms with Crippen molar-refractivity contribution < 1.29 is 19.1 Å². The molecule has 136 valence electrons. The molecule has 0 saturated carbocycles. The van der Waals surface area contributed by atoms with Gasteiger partial charge in [-0.3, -0.25) is 4.79 Å². The average Bonchev–Trinajstić information content (AvgIpc) is 2.65. The van der Waals surface area contributed by atoms with Crippen molar-refractivity contribution in [2.45, 2.75) is 32.9 Å². The molecule has 0 aliphatic carbocycles. The predicted octanol–water partition coefficient (Wildman–Crippen LogP) is 3.22. The molecule has 0 saturated heterocycles. The van der Waals surface area contributed by atoms with Crippen molar-refractivity contribution in [3.05, 3.63) is 65.2 Å². The summed E-state index contributed by atoms with van der Waals surface area (Å²) in [6.07, 6.45) is 0.896. The van der Waals surface area contributed by atoms with Gasteiger partial charge in [0.15, 0.2) is 6.61 Å². The second-order valence-corrected chi connectivity index (χ2v) is 6.60. The summed E-state index contributed by atoms with van der Waals surface area (Å²) in [7, 11) is 0. The Morgan fingerprint density at radius 2 is 1.73 bits per heavy atom. The minimum atomic E-state index is -0.508. The van der Waals surface area contributed by atoms with Crippen LogP contribution >= 0.6 is 0 Å². The molecule has 0 aromatic heterocycles. The van der Waals surface area contributed by atoms with Gasteiger partial charge in [0.25, 0.3) is 5.91 Å². The van der Waals surface area contributed by atoms with E-state index >= 15 is 0 Å². The summed E-state index contributed by atoms with van der Waals surface area (Å²) in [6, 6.07) is 14.8. The first kappa shape index (κ1) is 18.0. The van der Waals surface area contributed by atoms with Gasteiger partial charge in [-0.1, -0.05) is 24.3 Å². The maximum absolute atomic E-state index is 12.3. The van der Waals surface area contributed by atoms with Crippen molar-refractivity contribution >= 4 is 11.9 Å². The van der Waals surface area contributed by atoms with Crippen LogP contribution in [-0.2, 0) is 22.5 Å². The molecule has 2 aromatic rings. The summed E-state index contributed by atoms with van der Waals surface area (Å²) >= 11 is 0. The monoisotopic (exact) mass is 353 g/mol. The summed E-state index contributed by atoms with van der Waals surface area (Å²) in [6.45, 7) is 4.84. The highest BCUT2D eigenvalue weighted by Gasteiger charge is 2.21. The third-order valence-electron chi connectivity index (χ3n) is 4.27. The normalized spacial score (nSPS) is 13.3. The largest absolute Gasteiger partial charge is 0.491 e. The van der Waals surface area contributed by atoms with Crippen molar-refractivity contribution in [3.63, 3.8) is 0 Å². The number of carbonyl (C=O) groups is 2. The molecule has 2 aromatic carbocycles. The Balaban J connectivity index is 1.52. The van der Waals surface area contributed by atoms with E-state index in [1.165, 1.54) is 5.56 Å². The zero-order chi connectivity index (χ0) is 18.5. The Labute approximate surface area is 153 Å². The van der Waals surface area contributed by atoms with E-state index < -0.39 is 5.97 Å². The molecule has 0 spiro atoms. The maximum Gasteiger partial charge on any atom is 0.338 e. The smallest absolute Gasteiger partial charge is 0.338 e. The molecule has 26 heavy (non-hydrogen) atoms. The van der Waals surface area contributed by atoms with E-state index in [9.17, 15) is 9.59 Å². The molecule has 0 atom stereocenters. The molecular weight excluding hydrogens is 330 g/mol. The van der Waals surface area contributed by atoms with Gasteiger partial charge in [-0.15, -0.1) is 0 Å². The van der Waals surface area contributed by atoms with Crippen LogP contribution in [0, 0.1) is 0 Å². The van der Waals surface area contributed by atoms with Crippen LogP contribution < -0.4 is 4.74 Å². The lowest BCUT2D eigenvalue weighted by molar-refractivity contribution is -0.135. The topological polar surface area (TPSA) is 55.8 Å². The Kier molecular flexibility index (Phi) is 5.56. The fourth-order valence-electron chi connectivity index (χ4n) is 2.95. The Hall–Kier alpha value is -2.82. The Morgan fingerprint density at radius 3 is 2.42 bits per heavy atom. The molecular formula is C21H23NO4. The minimum Gasteiger partial charge on any atom is -0.491 e. The second kappa shape index (κ2) is 8.04. The van der Waals surface area contributed by atoms with Gasteiger partial charge in [0.1, 0.15) is 5.75 Å². The molecule has 0 N–H and O–H groups in total. The predicted molar refractivity (Wildman–Crippen MR) is 98.1 cm³/mol. The first-order chi connectivity index (χ1) is 12.5. The molecule has 1 heterocycles. The summed E-state index contributed by atoms with van der Waals surface area (Å²) in [5.41, 5.74) is 2.83. The Morgan fingerprint density at radius 1 is 1.04 bits per heavy atom. The maximum atomic E-state index is 12.3. The number of benzene rings is 2. The van der Waals surface area contributed by atoms with E-state index in [0.717, 1.165) is 12.0 Å². The number of hydrogen-bond donors (Lipinski definition) is 0. The van der Waals surface area contributed by atoms with E-state index in [1.54, 1.807) is 29.2 Å². The lowest BCUT2D eigenvalue weighted by Gasteiger charge is -2.28. The number of esters is 1. The molecule has 3 rings (SSSR count). The van der Waals surface area contributed by atoms with E-state index in [4.69, 9.17) is 9.47 Å². The number of fused-ring (bicyclic) bond motifs is 1. The SMILES string of the molecule is CC(C)Oc1ccc(C(=O)OCC(=O)N2CCc3ccccc3C2)cc1. The molecule has 1 aliphatic heterocycles. The zero-order valence-corrected chi connectivity index (χ0v) is 15.1. The van der Waals surface area contributed by atoms with Gasteiger partial charge >= 0.3 is 5.97 Å². The molecule has 1 aliphatic rings. The molecule has 0 radical (unpaired) electrons. The van der Waals surface area contributed by atoms with Crippen molar-refractivity contribution in [2.75, 3.05) is 13.2 Å². The minimum absolute atomic E-state index is 0.0695.